The van der Waals surface area contributed by atoms with Gasteiger partial charge in [-0.15, -0.1) is 0 Å². The van der Waals surface area contributed by atoms with Gasteiger partial charge in [-0.25, -0.2) is 4.39 Å². The highest BCUT2D eigenvalue weighted by Gasteiger charge is 2.08. The minimum absolute atomic E-state index is 0.0448. The molecule has 2 aromatic carbocycles. The fourth-order valence-electron chi connectivity index (χ4n) is 1.65. The van der Waals surface area contributed by atoms with E-state index in [1.807, 2.05) is 0 Å². The third-order valence-corrected chi connectivity index (χ3v) is 2.89. The van der Waals surface area contributed by atoms with E-state index in [9.17, 15) is 9.18 Å². The van der Waals surface area contributed by atoms with E-state index in [0.29, 0.717) is 21.3 Å². The highest BCUT2D eigenvalue weighted by atomic mass is 35.5. The normalized spacial score (nSPS) is 10.3. The molecule has 0 saturated heterocycles. The standard InChI is InChI=1S/C14H10Cl2FNO/c15-10-6-11(16)8-12(7-10)18-14(19)5-9-3-1-2-4-13(9)17/h1-4,6-8H,5H2,(H,18,19). The molecule has 1 N–H and O–H groups in total. The summed E-state index contributed by atoms with van der Waals surface area (Å²) in [5, 5.41) is 3.47. The fraction of sp³-hybridized carbons (Fsp3) is 0.0714. The first-order valence-corrected chi connectivity index (χ1v) is 6.29. The number of nitrogens with one attached hydrogen (secondary N) is 1. The molecule has 0 bridgehead atoms. The molecule has 2 aromatic rings. The van der Waals surface area contributed by atoms with E-state index < -0.39 is 5.82 Å². The lowest BCUT2D eigenvalue weighted by atomic mass is 10.1. The molecule has 0 aliphatic carbocycles. The number of amides is 1. The van der Waals surface area contributed by atoms with Crippen molar-refractivity contribution in [3.63, 3.8) is 0 Å². The van der Waals surface area contributed by atoms with Crippen LogP contribution in [0.15, 0.2) is 42.5 Å². The molecule has 0 fully saturated rings. The van der Waals surface area contributed by atoms with Crippen molar-refractivity contribution < 1.29 is 9.18 Å². The fourth-order valence-corrected chi connectivity index (χ4v) is 2.17. The molecule has 0 aliphatic heterocycles. The second-order valence-electron chi connectivity index (χ2n) is 3.97. The molecule has 0 aromatic heterocycles. The Morgan fingerprint density at radius 3 is 2.37 bits per heavy atom. The summed E-state index contributed by atoms with van der Waals surface area (Å²) < 4.78 is 13.4. The van der Waals surface area contributed by atoms with Crippen LogP contribution in [-0.2, 0) is 11.2 Å². The van der Waals surface area contributed by atoms with Crippen LogP contribution in [0.1, 0.15) is 5.56 Å². The highest BCUT2D eigenvalue weighted by Crippen LogP contribution is 2.22. The summed E-state index contributed by atoms with van der Waals surface area (Å²) in [4.78, 5) is 11.8. The predicted molar refractivity (Wildman–Crippen MR) is 75.2 cm³/mol. The second kappa shape index (κ2) is 6.04. The van der Waals surface area contributed by atoms with Gasteiger partial charge in [0.2, 0.25) is 5.91 Å². The molecule has 19 heavy (non-hydrogen) atoms. The van der Waals surface area contributed by atoms with Crippen molar-refractivity contribution in [3.8, 4) is 0 Å². The molecule has 0 aliphatic rings. The van der Waals surface area contributed by atoms with Gasteiger partial charge in [-0.3, -0.25) is 4.79 Å². The van der Waals surface area contributed by atoms with E-state index in [0.717, 1.165) is 0 Å². The lowest BCUT2D eigenvalue weighted by Gasteiger charge is -2.07. The van der Waals surface area contributed by atoms with Crippen molar-refractivity contribution in [3.05, 3.63) is 63.9 Å². The van der Waals surface area contributed by atoms with Gasteiger partial charge in [0.25, 0.3) is 0 Å². The van der Waals surface area contributed by atoms with Gasteiger partial charge in [-0.1, -0.05) is 41.4 Å². The smallest absolute Gasteiger partial charge is 0.228 e. The van der Waals surface area contributed by atoms with Crippen LogP contribution in [0.3, 0.4) is 0 Å². The molecule has 1 amide bonds. The topological polar surface area (TPSA) is 29.1 Å². The summed E-state index contributed by atoms with van der Waals surface area (Å²) >= 11 is 11.6. The Balaban J connectivity index is 2.07. The van der Waals surface area contributed by atoms with Crippen molar-refractivity contribution in [2.24, 2.45) is 0 Å². The Morgan fingerprint density at radius 1 is 1.11 bits per heavy atom. The van der Waals surface area contributed by atoms with Crippen LogP contribution in [0.4, 0.5) is 10.1 Å². The zero-order valence-electron chi connectivity index (χ0n) is 9.79. The van der Waals surface area contributed by atoms with E-state index in [4.69, 9.17) is 23.2 Å². The van der Waals surface area contributed by atoms with Crippen molar-refractivity contribution in [2.45, 2.75) is 6.42 Å². The van der Waals surface area contributed by atoms with E-state index >= 15 is 0 Å². The Bertz CT molecular complexity index is 596. The van der Waals surface area contributed by atoms with Crippen LogP contribution in [0.5, 0.6) is 0 Å². The van der Waals surface area contributed by atoms with Crippen molar-refractivity contribution in [1.29, 1.82) is 0 Å². The van der Waals surface area contributed by atoms with Gasteiger partial charge in [0, 0.05) is 15.7 Å². The molecule has 0 atom stereocenters. The third kappa shape index (κ3) is 3.94. The Kier molecular flexibility index (Phi) is 4.40. The number of carbonyl (C=O) groups excluding carboxylic acids is 1. The van der Waals surface area contributed by atoms with Gasteiger partial charge in [-0.05, 0) is 29.8 Å². The second-order valence-corrected chi connectivity index (χ2v) is 4.85. The molecule has 0 heterocycles. The minimum Gasteiger partial charge on any atom is -0.326 e. The molecule has 0 spiro atoms. The molecule has 2 nitrogen and oxygen atoms in total. The monoisotopic (exact) mass is 297 g/mol. The average molecular weight is 298 g/mol. The lowest BCUT2D eigenvalue weighted by Crippen LogP contribution is -2.15. The molecule has 5 heteroatoms. The number of anilines is 1. The summed E-state index contributed by atoms with van der Waals surface area (Å²) in [6.45, 7) is 0. The van der Waals surface area contributed by atoms with Crippen LogP contribution in [0.2, 0.25) is 10.0 Å². The van der Waals surface area contributed by atoms with Gasteiger partial charge >= 0.3 is 0 Å². The summed E-state index contributed by atoms with van der Waals surface area (Å²) in [6, 6.07) is 10.9. The Labute approximate surface area is 120 Å². The lowest BCUT2D eigenvalue weighted by molar-refractivity contribution is -0.115. The number of benzene rings is 2. The molecule has 0 unspecified atom stereocenters. The average Bonchev–Trinajstić information content (AvgIpc) is 2.30. The first-order valence-electron chi connectivity index (χ1n) is 5.54. The summed E-state index contributed by atoms with van der Waals surface area (Å²) in [7, 11) is 0. The third-order valence-electron chi connectivity index (χ3n) is 2.46. The number of hydrogen-bond acceptors (Lipinski definition) is 1. The van der Waals surface area contributed by atoms with Crippen molar-refractivity contribution in [2.75, 3.05) is 5.32 Å². The summed E-state index contributed by atoms with van der Waals surface area (Å²) in [5.74, 6) is -0.731. The number of hydrogen-bond donors (Lipinski definition) is 1. The van der Waals surface area contributed by atoms with Crippen LogP contribution < -0.4 is 5.32 Å². The summed E-state index contributed by atoms with van der Waals surface area (Å²) in [5.41, 5.74) is 0.826. The van der Waals surface area contributed by atoms with Crippen molar-refractivity contribution in [1.82, 2.24) is 0 Å². The van der Waals surface area contributed by atoms with Gasteiger partial charge in [-0.2, -0.15) is 0 Å². The van der Waals surface area contributed by atoms with Gasteiger partial charge in [0.15, 0.2) is 0 Å². The maximum Gasteiger partial charge on any atom is 0.228 e. The van der Waals surface area contributed by atoms with E-state index in [-0.39, 0.29) is 12.3 Å². The molecular formula is C14H10Cl2FNO. The highest BCUT2D eigenvalue weighted by molar-refractivity contribution is 6.35. The first-order chi connectivity index (χ1) is 9.04. The quantitative estimate of drug-likeness (QED) is 0.898. The largest absolute Gasteiger partial charge is 0.326 e. The van der Waals surface area contributed by atoms with Crippen LogP contribution in [0, 0.1) is 5.82 Å². The van der Waals surface area contributed by atoms with Crippen molar-refractivity contribution >= 4 is 34.8 Å². The van der Waals surface area contributed by atoms with E-state index in [2.05, 4.69) is 5.32 Å². The zero-order chi connectivity index (χ0) is 13.8. The molecular weight excluding hydrogens is 288 g/mol. The predicted octanol–water partition coefficient (Wildman–Crippen LogP) is 4.31. The number of carbonyl (C=O) groups is 1. The van der Waals surface area contributed by atoms with E-state index in [1.54, 1.807) is 36.4 Å². The maximum absolute atomic E-state index is 13.4. The van der Waals surface area contributed by atoms with Crippen LogP contribution in [0.25, 0.3) is 0 Å². The minimum atomic E-state index is -0.401. The number of halogens is 3. The molecule has 98 valence electrons. The van der Waals surface area contributed by atoms with E-state index in [1.165, 1.54) is 6.07 Å². The molecule has 0 saturated carbocycles. The Morgan fingerprint density at radius 2 is 1.74 bits per heavy atom. The molecule has 0 radical (unpaired) electrons. The Hall–Kier alpha value is -1.58. The SMILES string of the molecule is O=C(Cc1ccccc1F)Nc1cc(Cl)cc(Cl)c1. The van der Waals surface area contributed by atoms with Gasteiger partial charge in [0.05, 0.1) is 6.42 Å². The summed E-state index contributed by atoms with van der Waals surface area (Å²) in [6.07, 6.45) is -0.0448. The van der Waals surface area contributed by atoms with Gasteiger partial charge in [0.1, 0.15) is 5.82 Å². The first kappa shape index (κ1) is 13.8. The molecule has 2 rings (SSSR count). The zero-order valence-corrected chi connectivity index (χ0v) is 11.3. The van der Waals surface area contributed by atoms with Crippen LogP contribution >= 0.6 is 23.2 Å². The van der Waals surface area contributed by atoms with Gasteiger partial charge < -0.3 is 5.32 Å². The number of rotatable bonds is 3. The van der Waals surface area contributed by atoms with Crippen LogP contribution in [-0.4, -0.2) is 5.91 Å². The maximum atomic E-state index is 13.4.